The van der Waals surface area contributed by atoms with Crippen LogP contribution in [0.5, 0.6) is 0 Å². The summed E-state index contributed by atoms with van der Waals surface area (Å²) in [5.41, 5.74) is 1.51. The van der Waals surface area contributed by atoms with Gasteiger partial charge < -0.3 is 5.32 Å². The Morgan fingerprint density at radius 1 is 1.21 bits per heavy atom. The minimum absolute atomic E-state index is 0.0739. The molecule has 34 heavy (non-hydrogen) atoms. The van der Waals surface area contributed by atoms with Crippen LogP contribution in [0, 0.1) is 0 Å². The molecule has 0 saturated carbocycles. The van der Waals surface area contributed by atoms with Gasteiger partial charge in [-0.3, -0.25) is 23.6 Å². The monoisotopic (exact) mass is 481 g/mol. The number of rotatable bonds is 7. The number of benzene rings is 2. The zero-order chi connectivity index (χ0) is 24.2. The Morgan fingerprint density at radius 2 is 2.03 bits per heavy atom. The van der Waals surface area contributed by atoms with Crippen molar-refractivity contribution < 1.29 is 9.63 Å². The lowest BCUT2D eigenvalue weighted by atomic mass is 10.1. The van der Waals surface area contributed by atoms with E-state index in [1.54, 1.807) is 55.9 Å². The molecule has 0 atom stereocenters. The van der Waals surface area contributed by atoms with Crippen molar-refractivity contribution in [1.82, 2.24) is 19.6 Å². The molecular formula is C24H24ClN5O4. The number of nitrogens with zero attached hydrogens (tertiary/aromatic N) is 4. The van der Waals surface area contributed by atoms with E-state index in [0.29, 0.717) is 35.7 Å². The van der Waals surface area contributed by atoms with Gasteiger partial charge in [0.1, 0.15) is 0 Å². The van der Waals surface area contributed by atoms with Gasteiger partial charge in [0.25, 0.3) is 11.5 Å². The number of halogens is 1. The van der Waals surface area contributed by atoms with Gasteiger partial charge in [0.2, 0.25) is 0 Å². The third-order valence-electron chi connectivity index (χ3n) is 5.42. The number of fused-ring (bicyclic) bond motifs is 1. The molecule has 1 aliphatic heterocycles. The molecule has 0 fully saturated rings. The SMILES string of the molecule is CCON1C=C(CNC(=O)c2ccc3c(c2)c(=O)n(Cc2cccc(Cl)c2)c(=O)n3C)CC=N1. The molecule has 10 heteroatoms. The highest BCUT2D eigenvalue weighted by Crippen LogP contribution is 2.14. The first-order valence-corrected chi connectivity index (χ1v) is 11.2. The van der Waals surface area contributed by atoms with Crippen LogP contribution in [0.2, 0.25) is 5.02 Å². The number of carbonyl (C=O) groups excluding carboxylic acids is 1. The molecule has 9 nitrogen and oxygen atoms in total. The standard InChI is InChI=1S/C24H24ClN5O4/c1-3-34-30-15-17(9-10-27-30)13-26-22(31)18-7-8-21-20(12-18)23(32)29(24(33)28(21)2)14-16-5-4-6-19(25)11-16/h4-8,10-12,15H,3,9,13-14H2,1-2H3,(H,26,31). The fourth-order valence-electron chi connectivity index (χ4n) is 3.71. The Kier molecular flexibility index (Phi) is 6.95. The van der Waals surface area contributed by atoms with Crippen LogP contribution >= 0.6 is 11.6 Å². The van der Waals surface area contributed by atoms with Crippen LogP contribution in [-0.2, 0) is 18.4 Å². The van der Waals surface area contributed by atoms with Crippen LogP contribution in [0.3, 0.4) is 0 Å². The molecule has 176 valence electrons. The summed E-state index contributed by atoms with van der Waals surface area (Å²) in [6, 6.07) is 11.7. The minimum atomic E-state index is -0.466. The maximum atomic E-state index is 13.2. The summed E-state index contributed by atoms with van der Waals surface area (Å²) in [5, 5.41) is 9.11. The zero-order valence-corrected chi connectivity index (χ0v) is 19.6. The van der Waals surface area contributed by atoms with Crippen LogP contribution < -0.4 is 16.6 Å². The summed E-state index contributed by atoms with van der Waals surface area (Å²) in [6.45, 7) is 2.71. The first kappa shape index (κ1) is 23.5. The molecule has 2 heterocycles. The van der Waals surface area contributed by atoms with Crippen molar-refractivity contribution in [3.05, 3.63) is 91.2 Å². The van der Waals surface area contributed by atoms with Crippen molar-refractivity contribution in [1.29, 1.82) is 0 Å². The largest absolute Gasteiger partial charge is 0.348 e. The Morgan fingerprint density at radius 3 is 2.79 bits per heavy atom. The molecule has 1 aliphatic rings. The van der Waals surface area contributed by atoms with Crippen LogP contribution in [0.25, 0.3) is 10.9 Å². The molecule has 4 rings (SSSR count). The molecule has 0 saturated heterocycles. The molecule has 1 amide bonds. The van der Waals surface area contributed by atoms with Crippen LogP contribution in [0.4, 0.5) is 0 Å². The predicted octanol–water partition coefficient (Wildman–Crippen LogP) is 2.66. The smallest absolute Gasteiger partial charge is 0.331 e. The van der Waals surface area contributed by atoms with Gasteiger partial charge in [-0.05, 0) is 48.4 Å². The molecule has 1 aromatic heterocycles. The number of hydrogen-bond donors (Lipinski definition) is 1. The predicted molar refractivity (Wildman–Crippen MR) is 131 cm³/mol. The number of hydroxylamine groups is 1. The lowest BCUT2D eigenvalue weighted by Gasteiger charge is -2.19. The lowest BCUT2D eigenvalue weighted by molar-refractivity contribution is -0.115. The van der Waals surface area contributed by atoms with E-state index in [4.69, 9.17) is 16.4 Å². The van der Waals surface area contributed by atoms with Gasteiger partial charge in [-0.25, -0.2) is 4.79 Å². The molecule has 1 N–H and O–H groups in total. The normalized spacial score (nSPS) is 13.3. The van der Waals surface area contributed by atoms with E-state index in [0.717, 1.165) is 15.7 Å². The van der Waals surface area contributed by atoms with E-state index in [1.165, 1.54) is 15.8 Å². The molecule has 2 aromatic carbocycles. The Balaban J connectivity index is 1.61. The van der Waals surface area contributed by atoms with Crippen LogP contribution in [0.15, 0.2) is 68.9 Å². The summed E-state index contributed by atoms with van der Waals surface area (Å²) < 4.78 is 2.54. The fraction of sp³-hybridized carbons (Fsp3) is 0.250. The van der Waals surface area contributed by atoms with Gasteiger partial charge in [0.15, 0.2) is 0 Å². The highest BCUT2D eigenvalue weighted by Gasteiger charge is 2.15. The van der Waals surface area contributed by atoms with Crippen LogP contribution in [0.1, 0.15) is 29.3 Å². The number of hydrazone groups is 1. The third-order valence-corrected chi connectivity index (χ3v) is 5.66. The van der Waals surface area contributed by atoms with Crippen molar-refractivity contribution in [2.45, 2.75) is 19.9 Å². The summed E-state index contributed by atoms with van der Waals surface area (Å²) in [7, 11) is 1.60. The molecule has 0 spiro atoms. The molecule has 3 aromatic rings. The van der Waals surface area contributed by atoms with Crippen molar-refractivity contribution in [3.8, 4) is 0 Å². The number of amides is 1. The van der Waals surface area contributed by atoms with Gasteiger partial charge in [0, 0.05) is 36.8 Å². The van der Waals surface area contributed by atoms with Gasteiger partial charge in [0.05, 0.1) is 30.3 Å². The highest BCUT2D eigenvalue weighted by molar-refractivity contribution is 6.30. The third kappa shape index (κ3) is 4.95. The number of aromatic nitrogens is 2. The van der Waals surface area contributed by atoms with E-state index < -0.39 is 11.2 Å². The van der Waals surface area contributed by atoms with Gasteiger partial charge in [-0.1, -0.05) is 23.7 Å². The van der Waals surface area contributed by atoms with Crippen LogP contribution in [-0.4, -0.2) is 39.6 Å². The summed E-state index contributed by atoms with van der Waals surface area (Å²) in [4.78, 5) is 44.2. The second kappa shape index (κ2) is 10.1. The Hall–Kier alpha value is -3.69. The number of nitrogens with one attached hydrogen (secondary N) is 1. The van der Waals surface area contributed by atoms with Crippen molar-refractivity contribution >= 4 is 34.6 Å². The van der Waals surface area contributed by atoms with E-state index in [9.17, 15) is 14.4 Å². The van der Waals surface area contributed by atoms with E-state index in [-0.39, 0.29) is 17.8 Å². The maximum absolute atomic E-state index is 13.2. The average Bonchev–Trinajstić information content (AvgIpc) is 2.84. The molecular weight excluding hydrogens is 458 g/mol. The van der Waals surface area contributed by atoms with Gasteiger partial charge in [-0.2, -0.15) is 5.10 Å². The van der Waals surface area contributed by atoms with Gasteiger partial charge in [-0.15, -0.1) is 5.17 Å². The first-order valence-electron chi connectivity index (χ1n) is 10.8. The number of hydrogen-bond acceptors (Lipinski definition) is 6. The molecule has 0 aliphatic carbocycles. The summed E-state index contributed by atoms with van der Waals surface area (Å²) >= 11 is 6.05. The lowest BCUT2D eigenvalue weighted by Crippen LogP contribution is -2.39. The van der Waals surface area contributed by atoms with Crippen molar-refractivity contribution in [3.63, 3.8) is 0 Å². The Bertz CT molecular complexity index is 1420. The van der Waals surface area contributed by atoms with Gasteiger partial charge >= 0.3 is 5.69 Å². The topological polar surface area (TPSA) is 97.9 Å². The molecule has 0 bridgehead atoms. The molecule has 0 radical (unpaired) electrons. The van der Waals surface area contributed by atoms with E-state index in [1.807, 2.05) is 6.92 Å². The van der Waals surface area contributed by atoms with E-state index >= 15 is 0 Å². The number of carbonyl (C=O) groups is 1. The highest BCUT2D eigenvalue weighted by atomic mass is 35.5. The number of aryl methyl sites for hydroxylation is 1. The Labute approximate surface area is 200 Å². The summed E-state index contributed by atoms with van der Waals surface area (Å²) in [5.74, 6) is -0.331. The zero-order valence-electron chi connectivity index (χ0n) is 18.8. The second-order valence-electron chi connectivity index (χ2n) is 7.79. The quantitative estimate of drug-likeness (QED) is 0.559. The minimum Gasteiger partial charge on any atom is -0.348 e. The fourth-order valence-corrected chi connectivity index (χ4v) is 3.92. The second-order valence-corrected chi connectivity index (χ2v) is 8.22. The average molecular weight is 482 g/mol. The van der Waals surface area contributed by atoms with Crippen molar-refractivity contribution in [2.24, 2.45) is 12.1 Å². The maximum Gasteiger partial charge on any atom is 0.331 e. The van der Waals surface area contributed by atoms with Crippen molar-refractivity contribution in [2.75, 3.05) is 13.2 Å². The first-order chi connectivity index (χ1) is 16.4. The molecule has 0 unspecified atom stereocenters. The summed E-state index contributed by atoms with van der Waals surface area (Å²) in [6.07, 6.45) is 4.03. The van der Waals surface area contributed by atoms with E-state index in [2.05, 4.69) is 10.4 Å².